The van der Waals surface area contributed by atoms with Gasteiger partial charge in [0.1, 0.15) is 0 Å². The number of hydrogen-bond donors (Lipinski definition) is 1. The molecule has 132 valence electrons. The van der Waals surface area contributed by atoms with Gasteiger partial charge in [0.2, 0.25) is 10.0 Å². The van der Waals surface area contributed by atoms with Gasteiger partial charge < -0.3 is 5.11 Å². The van der Waals surface area contributed by atoms with Gasteiger partial charge in [0.25, 0.3) is 0 Å². The van der Waals surface area contributed by atoms with E-state index in [4.69, 9.17) is 11.6 Å². The summed E-state index contributed by atoms with van der Waals surface area (Å²) in [6.45, 7) is 8.40. The fourth-order valence-electron chi connectivity index (χ4n) is 2.45. The summed E-state index contributed by atoms with van der Waals surface area (Å²) in [6, 6.07) is 5.78. The molecule has 1 rings (SSSR count). The number of aliphatic hydroxyl groups is 1. The molecule has 0 aromatic heterocycles. The van der Waals surface area contributed by atoms with Crippen molar-refractivity contribution in [1.82, 2.24) is 4.31 Å². The average molecular weight is 362 g/mol. The van der Waals surface area contributed by atoms with Gasteiger partial charge in [-0.25, -0.2) is 8.42 Å². The SMILES string of the molecule is CC(C)CCN(C(CO)CC(C)C)S(=O)(=O)c1ccc(Cl)cc1. The highest BCUT2D eigenvalue weighted by Gasteiger charge is 2.31. The lowest BCUT2D eigenvalue weighted by molar-refractivity contribution is 0.164. The molecule has 6 heteroatoms. The standard InChI is InChI=1S/C17H28ClNO3S/c1-13(2)9-10-19(16(12-20)11-14(3)4)23(21,22)17-7-5-15(18)6-8-17/h5-8,13-14,16,20H,9-12H2,1-4H3. The monoisotopic (exact) mass is 361 g/mol. The van der Waals surface area contributed by atoms with Crippen molar-refractivity contribution in [3.05, 3.63) is 29.3 Å². The predicted octanol–water partition coefficient (Wildman–Crippen LogP) is 3.78. The molecule has 4 nitrogen and oxygen atoms in total. The van der Waals surface area contributed by atoms with Gasteiger partial charge in [0.05, 0.1) is 11.5 Å². The molecule has 0 saturated carbocycles. The van der Waals surface area contributed by atoms with E-state index < -0.39 is 16.1 Å². The Bertz CT molecular complexity index is 570. The van der Waals surface area contributed by atoms with E-state index in [1.54, 1.807) is 12.1 Å². The van der Waals surface area contributed by atoms with Gasteiger partial charge in [-0.1, -0.05) is 39.3 Å². The van der Waals surface area contributed by atoms with Crippen LogP contribution in [0.5, 0.6) is 0 Å². The molecule has 1 N–H and O–H groups in total. The number of benzene rings is 1. The lowest BCUT2D eigenvalue weighted by atomic mass is 10.0. The second kappa shape index (κ2) is 9.02. The number of rotatable bonds is 9. The maximum Gasteiger partial charge on any atom is 0.243 e. The summed E-state index contributed by atoms with van der Waals surface area (Å²) in [7, 11) is -3.66. The molecule has 0 saturated heterocycles. The molecule has 0 fully saturated rings. The summed E-state index contributed by atoms with van der Waals surface area (Å²) < 4.78 is 27.5. The van der Waals surface area contributed by atoms with Gasteiger partial charge in [-0.15, -0.1) is 0 Å². The Balaban J connectivity index is 3.16. The topological polar surface area (TPSA) is 57.6 Å². The Morgan fingerprint density at radius 2 is 1.65 bits per heavy atom. The summed E-state index contributed by atoms with van der Waals surface area (Å²) in [4.78, 5) is 0.216. The zero-order valence-corrected chi connectivity index (χ0v) is 15.9. The molecular formula is C17H28ClNO3S. The summed E-state index contributed by atoms with van der Waals surface area (Å²) in [5.41, 5.74) is 0. The van der Waals surface area contributed by atoms with E-state index in [9.17, 15) is 13.5 Å². The first-order valence-corrected chi connectivity index (χ1v) is 9.88. The smallest absolute Gasteiger partial charge is 0.243 e. The van der Waals surface area contributed by atoms with Crippen LogP contribution in [0.2, 0.25) is 5.02 Å². The van der Waals surface area contributed by atoms with Crippen molar-refractivity contribution in [2.75, 3.05) is 13.2 Å². The highest BCUT2D eigenvalue weighted by molar-refractivity contribution is 7.89. The molecule has 23 heavy (non-hydrogen) atoms. The molecule has 1 aromatic carbocycles. The second-order valence-corrected chi connectivity index (χ2v) is 9.05. The first-order valence-electron chi connectivity index (χ1n) is 8.06. The van der Waals surface area contributed by atoms with E-state index in [0.29, 0.717) is 29.8 Å². The third-order valence-electron chi connectivity index (χ3n) is 3.71. The summed E-state index contributed by atoms with van der Waals surface area (Å²) in [5, 5.41) is 10.2. The van der Waals surface area contributed by atoms with Crippen molar-refractivity contribution < 1.29 is 13.5 Å². The van der Waals surface area contributed by atoms with E-state index in [-0.39, 0.29) is 11.5 Å². The zero-order valence-electron chi connectivity index (χ0n) is 14.4. The summed E-state index contributed by atoms with van der Waals surface area (Å²) in [6.07, 6.45) is 1.38. The normalized spacial score (nSPS) is 14.0. The van der Waals surface area contributed by atoms with Crippen LogP contribution in [0.25, 0.3) is 0 Å². The van der Waals surface area contributed by atoms with Crippen LogP contribution in [0.4, 0.5) is 0 Å². The van der Waals surface area contributed by atoms with Crippen LogP contribution in [0.15, 0.2) is 29.2 Å². The largest absolute Gasteiger partial charge is 0.395 e. The van der Waals surface area contributed by atoms with Crippen LogP contribution in [0, 0.1) is 11.8 Å². The minimum atomic E-state index is -3.66. The Kier molecular flexibility index (Phi) is 8.01. The molecule has 1 aromatic rings. The highest BCUT2D eigenvalue weighted by atomic mass is 35.5. The van der Waals surface area contributed by atoms with Crippen molar-refractivity contribution in [1.29, 1.82) is 0 Å². The third kappa shape index (κ3) is 6.07. The molecular weight excluding hydrogens is 334 g/mol. The van der Waals surface area contributed by atoms with Crippen LogP contribution in [-0.4, -0.2) is 37.0 Å². The van der Waals surface area contributed by atoms with Crippen LogP contribution >= 0.6 is 11.6 Å². The van der Waals surface area contributed by atoms with Gasteiger partial charge in [0.15, 0.2) is 0 Å². The minimum absolute atomic E-state index is 0.177. The van der Waals surface area contributed by atoms with E-state index >= 15 is 0 Å². The fraction of sp³-hybridized carbons (Fsp3) is 0.647. The van der Waals surface area contributed by atoms with Crippen LogP contribution in [0.1, 0.15) is 40.5 Å². The molecule has 0 heterocycles. The summed E-state index contributed by atoms with van der Waals surface area (Å²) in [5.74, 6) is 0.686. The van der Waals surface area contributed by atoms with E-state index in [0.717, 1.165) is 6.42 Å². The number of aliphatic hydroxyl groups excluding tert-OH is 1. The van der Waals surface area contributed by atoms with Gasteiger partial charge in [0, 0.05) is 17.6 Å². The number of sulfonamides is 1. The molecule has 0 amide bonds. The van der Waals surface area contributed by atoms with E-state index in [1.165, 1.54) is 16.4 Å². The number of halogens is 1. The molecule has 0 aliphatic heterocycles. The van der Waals surface area contributed by atoms with Crippen molar-refractivity contribution in [2.24, 2.45) is 11.8 Å². The first kappa shape index (κ1) is 20.4. The zero-order chi connectivity index (χ0) is 17.6. The van der Waals surface area contributed by atoms with Crippen LogP contribution < -0.4 is 0 Å². The molecule has 0 bridgehead atoms. The summed E-state index contributed by atoms with van der Waals surface area (Å²) >= 11 is 5.85. The van der Waals surface area contributed by atoms with E-state index in [2.05, 4.69) is 13.8 Å². The lowest BCUT2D eigenvalue weighted by Crippen LogP contribution is -2.44. The van der Waals surface area contributed by atoms with Crippen LogP contribution in [-0.2, 0) is 10.0 Å². The van der Waals surface area contributed by atoms with Gasteiger partial charge in [-0.2, -0.15) is 4.31 Å². The maximum atomic E-state index is 13.0. The second-order valence-electron chi connectivity index (χ2n) is 6.72. The molecule has 0 aliphatic carbocycles. The van der Waals surface area contributed by atoms with Crippen molar-refractivity contribution >= 4 is 21.6 Å². The Hall–Kier alpha value is -0.620. The van der Waals surface area contributed by atoms with Crippen molar-refractivity contribution in [2.45, 2.75) is 51.5 Å². The predicted molar refractivity (Wildman–Crippen MR) is 95.1 cm³/mol. The quantitative estimate of drug-likeness (QED) is 0.728. The minimum Gasteiger partial charge on any atom is -0.395 e. The van der Waals surface area contributed by atoms with Crippen LogP contribution in [0.3, 0.4) is 0 Å². The molecule has 1 unspecified atom stereocenters. The van der Waals surface area contributed by atoms with Crippen molar-refractivity contribution in [3.8, 4) is 0 Å². The Morgan fingerprint density at radius 3 is 2.09 bits per heavy atom. The fourth-order valence-corrected chi connectivity index (χ4v) is 4.22. The molecule has 0 aliphatic rings. The van der Waals surface area contributed by atoms with E-state index in [1.807, 2.05) is 13.8 Å². The molecule has 1 atom stereocenters. The maximum absolute atomic E-state index is 13.0. The van der Waals surface area contributed by atoms with Gasteiger partial charge in [-0.05, 0) is 48.9 Å². The molecule has 0 radical (unpaired) electrons. The lowest BCUT2D eigenvalue weighted by Gasteiger charge is -2.31. The average Bonchev–Trinajstić information content (AvgIpc) is 2.45. The highest BCUT2D eigenvalue weighted by Crippen LogP contribution is 2.24. The Labute approximate surface area is 145 Å². The van der Waals surface area contributed by atoms with Gasteiger partial charge >= 0.3 is 0 Å². The number of nitrogens with zero attached hydrogens (tertiary/aromatic N) is 1. The number of hydrogen-bond acceptors (Lipinski definition) is 3. The van der Waals surface area contributed by atoms with Crippen molar-refractivity contribution in [3.63, 3.8) is 0 Å². The third-order valence-corrected chi connectivity index (χ3v) is 5.93. The first-order chi connectivity index (χ1) is 10.7. The van der Waals surface area contributed by atoms with Gasteiger partial charge in [-0.3, -0.25) is 0 Å². The Morgan fingerprint density at radius 1 is 1.09 bits per heavy atom. The molecule has 0 spiro atoms.